The monoisotopic (exact) mass is 501 g/mol. The van der Waals surface area contributed by atoms with Crippen molar-refractivity contribution in [2.24, 2.45) is 10.9 Å². The number of likely N-dealkylation sites (tertiary alicyclic amines) is 1. The standard InChI is InChI=1S/C21H35N5O.HI/c1-4-22-21(23-16-18-10-11-24(5-2)17-18)26-14-12-25(13-15-26)19-8-6-7-9-20(19)27-3;/h6-9,18H,4-5,10-17H2,1-3H3,(H,22,23);1H. The molecule has 0 aliphatic carbocycles. The summed E-state index contributed by atoms with van der Waals surface area (Å²) < 4.78 is 5.53. The molecule has 0 radical (unpaired) electrons. The van der Waals surface area contributed by atoms with Gasteiger partial charge in [0.25, 0.3) is 0 Å². The van der Waals surface area contributed by atoms with Crippen LogP contribution in [0.25, 0.3) is 0 Å². The zero-order valence-corrected chi connectivity index (χ0v) is 19.9. The first kappa shape index (κ1) is 23.1. The van der Waals surface area contributed by atoms with Gasteiger partial charge in [0, 0.05) is 45.8 Å². The molecule has 0 saturated carbocycles. The molecule has 7 heteroatoms. The van der Waals surface area contributed by atoms with E-state index in [2.05, 4.69) is 46.0 Å². The number of benzene rings is 1. The molecule has 1 atom stereocenters. The number of methoxy groups -OCH3 is 1. The third-order valence-electron chi connectivity index (χ3n) is 5.66. The summed E-state index contributed by atoms with van der Waals surface area (Å²) in [6, 6.07) is 8.29. The molecule has 0 amide bonds. The molecule has 0 spiro atoms. The van der Waals surface area contributed by atoms with E-state index in [1.165, 1.54) is 25.2 Å². The second-order valence-corrected chi connectivity index (χ2v) is 7.39. The van der Waals surface area contributed by atoms with Crippen LogP contribution in [0.1, 0.15) is 20.3 Å². The summed E-state index contributed by atoms with van der Waals surface area (Å²) in [5, 5.41) is 3.50. The van der Waals surface area contributed by atoms with Crippen LogP contribution < -0.4 is 15.0 Å². The number of rotatable bonds is 6. The fraction of sp³-hybridized carbons (Fsp3) is 0.667. The molecular weight excluding hydrogens is 465 g/mol. The molecule has 2 saturated heterocycles. The number of halogens is 1. The molecule has 2 heterocycles. The number of hydrogen-bond acceptors (Lipinski definition) is 4. The highest BCUT2D eigenvalue weighted by atomic mass is 127. The minimum atomic E-state index is 0. The fourth-order valence-electron chi connectivity index (χ4n) is 4.04. The van der Waals surface area contributed by atoms with Gasteiger partial charge in [0.1, 0.15) is 5.75 Å². The Labute approximate surface area is 187 Å². The van der Waals surface area contributed by atoms with E-state index in [1.54, 1.807) is 7.11 Å². The molecule has 1 aromatic carbocycles. The Morgan fingerprint density at radius 3 is 2.54 bits per heavy atom. The molecule has 0 aromatic heterocycles. The average molecular weight is 501 g/mol. The molecule has 0 bridgehead atoms. The topological polar surface area (TPSA) is 43.3 Å². The molecule has 1 aromatic rings. The molecule has 2 fully saturated rings. The maximum absolute atomic E-state index is 5.53. The van der Waals surface area contributed by atoms with Crippen molar-refractivity contribution in [3.63, 3.8) is 0 Å². The summed E-state index contributed by atoms with van der Waals surface area (Å²) in [6.45, 7) is 13.8. The van der Waals surface area contributed by atoms with Gasteiger partial charge in [-0.3, -0.25) is 4.99 Å². The normalized spacial score (nSPS) is 20.8. The predicted octanol–water partition coefficient (Wildman–Crippen LogP) is 2.74. The highest BCUT2D eigenvalue weighted by molar-refractivity contribution is 14.0. The number of para-hydroxylation sites is 2. The number of nitrogens with zero attached hydrogens (tertiary/aromatic N) is 4. The second kappa shape index (κ2) is 11.7. The van der Waals surface area contributed by atoms with E-state index in [9.17, 15) is 0 Å². The van der Waals surface area contributed by atoms with Crippen LogP contribution in [-0.2, 0) is 0 Å². The molecule has 2 aliphatic rings. The lowest BCUT2D eigenvalue weighted by Crippen LogP contribution is -2.52. The van der Waals surface area contributed by atoms with Crippen molar-refractivity contribution in [2.45, 2.75) is 20.3 Å². The summed E-state index contributed by atoms with van der Waals surface area (Å²) in [6.07, 6.45) is 1.28. The van der Waals surface area contributed by atoms with E-state index in [4.69, 9.17) is 9.73 Å². The van der Waals surface area contributed by atoms with Gasteiger partial charge < -0.3 is 24.8 Å². The van der Waals surface area contributed by atoms with Crippen LogP contribution in [0, 0.1) is 5.92 Å². The summed E-state index contributed by atoms with van der Waals surface area (Å²) in [4.78, 5) is 12.3. The number of hydrogen-bond donors (Lipinski definition) is 1. The van der Waals surface area contributed by atoms with E-state index < -0.39 is 0 Å². The quantitative estimate of drug-likeness (QED) is 0.369. The Hall–Kier alpha value is -1.22. The summed E-state index contributed by atoms with van der Waals surface area (Å²) in [5.74, 6) is 2.73. The summed E-state index contributed by atoms with van der Waals surface area (Å²) in [5.41, 5.74) is 1.19. The molecule has 3 rings (SSSR count). The maximum atomic E-state index is 5.53. The van der Waals surface area contributed by atoms with Gasteiger partial charge in [-0.05, 0) is 44.5 Å². The lowest BCUT2D eigenvalue weighted by molar-refractivity contribution is 0.342. The van der Waals surface area contributed by atoms with Crippen molar-refractivity contribution < 1.29 is 4.74 Å². The number of anilines is 1. The average Bonchev–Trinajstić information content (AvgIpc) is 3.19. The Morgan fingerprint density at radius 1 is 1.14 bits per heavy atom. The van der Waals surface area contributed by atoms with Gasteiger partial charge in [-0.25, -0.2) is 0 Å². The third kappa shape index (κ3) is 5.89. The SMILES string of the molecule is CCNC(=NCC1CCN(CC)C1)N1CCN(c2ccccc2OC)CC1.I. The zero-order chi connectivity index (χ0) is 19.1. The van der Waals surface area contributed by atoms with Crippen molar-refractivity contribution in [3.05, 3.63) is 24.3 Å². The van der Waals surface area contributed by atoms with Crippen LogP contribution >= 0.6 is 24.0 Å². The number of guanidine groups is 1. The lowest BCUT2D eigenvalue weighted by atomic mass is 10.1. The highest BCUT2D eigenvalue weighted by Crippen LogP contribution is 2.28. The Kier molecular flexibility index (Phi) is 9.64. The number of aliphatic imine (C=N–C) groups is 1. The lowest BCUT2D eigenvalue weighted by Gasteiger charge is -2.38. The largest absolute Gasteiger partial charge is 0.495 e. The van der Waals surface area contributed by atoms with E-state index in [0.29, 0.717) is 5.92 Å². The van der Waals surface area contributed by atoms with Crippen LogP contribution in [0.3, 0.4) is 0 Å². The maximum Gasteiger partial charge on any atom is 0.194 e. The van der Waals surface area contributed by atoms with Crippen LogP contribution in [0.5, 0.6) is 5.75 Å². The van der Waals surface area contributed by atoms with Crippen LogP contribution in [0.2, 0.25) is 0 Å². The summed E-state index contributed by atoms with van der Waals surface area (Å²) in [7, 11) is 1.74. The number of nitrogens with one attached hydrogen (secondary N) is 1. The van der Waals surface area contributed by atoms with Gasteiger partial charge in [-0.2, -0.15) is 0 Å². The smallest absolute Gasteiger partial charge is 0.194 e. The first-order chi connectivity index (χ1) is 13.2. The van der Waals surface area contributed by atoms with Crippen LogP contribution in [0.4, 0.5) is 5.69 Å². The van der Waals surface area contributed by atoms with Gasteiger partial charge in [-0.15, -0.1) is 24.0 Å². The van der Waals surface area contributed by atoms with Crippen molar-refractivity contribution in [1.29, 1.82) is 0 Å². The minimum Gasteiger partial charge on any atom is -0.495 e. The summed E-state index contributed by atoms with van der Waals surface area (Å²) >= 11 is 0. The first-order valence-corrected chi connectivity index (χ1v) is 10.4. The third-order valence-corrected chi connectivity index (χ3v) is 5.66. The van der Waals surface area contributed by atoms with Gasteiger partial charge in [0.05, 0.1) is 12.8 Å². The van der Waals surface area contributed by atoms with Crippen molar-refractivity contribution >= 4 is 35.6 Å². The number of ether oxygens (including phenoxy) is 1. The Morgan fingerprint density at radius 2 is 1.89 bits per heavy atom. The number of piperazine rings is 1. The van der Waals surface area contributed by atoms with Crippen LogP contribution in [-0.4, -0.2) is 81.8 Å². The molecule has 6 nitrogen and oxygen atoms in total. The second-order valence-electron chi connectivity index (χ2n) is 7.39. The molecule has 2 aliphatic heterocycles. The Balaban J connectivity index is 0.00000280. The van der Waals surface area contributed by atoms with Gasteiger partial charge >= 0.3 is 0 Å². The molecule has 1 N–H and O–H groups in total. The molecule has 1 unspecified atom stereocenters. The van der Waals surface area contributed by atoms with E-state index in [-0.39, 0.29) is 24.0 Å². The molecular formula is C21H36IN5O. The van der Waals surface area contributed by atoms with E-state index in [1.807, 2.05) is 12.1 Å². The van der Waals surface area contributed by atoms with Gasteiger partial charge in [-0.1, -0.05) is 19.1 Å². The Bertz CT molecular complexity index is 619. The predicted molar refractivity (Wildman–Crippen MR) is 128 cm³/mol. The molecule has 158 valence electrons. The molecule has 28 heavy (non-hydrogen) atoms. The van der Waals surface area contributed by atoms with Crippen LogP contribution in [0.15, 0.2) is 29.3 Å². The fourth-order valence-corrected chi connectivity index (χ4v) is 4.04. The first-order valence-electron chi connectivity index (χ1n) is 10.4. The minimum absolute atomic E-state index is 0. The van der Waals surface area contributed by atoms with Crippen molar-refractivity contribution in [1.82, 2.24) is 15.1 Å². The van der Waals surface area contributed by atoms with Gasteiger partial charge in [0.2, 0.25) is 0 Å². The van der Waals surface area contributed by atoms with Crippen molar-refractivity contribution in [2.75, 3.05) is 70.9 Å². The van der Waals surface area contributed by atoms with E-state index in [0.717, 1.165) is 57.5 Å². The highest BCUT2D eigenvalue weighted by Gasteiger charge is 2.23. The van der Waals surface area contributed by atoms with Gasteiger partial charge in [0.15, 0.2) is 5.96 Å². The van der Waals surface area contributed by atoms with E-state index >= 15 is 0 Å². The van der Waals surface area contributed by atoms with Crippen molar-refractivity contribution in [3.8, 4) is 5.75 Å². The zero-order valence-electron chi connectivity index (χ0n) is 17.6.